The molecule has 143 valence electrons. The van der Waals surface area contributed by atoms with Gasteiger partial charge in [0.05, 0.1) is 12.2 Å². The van der Waals surface area contributed by atoms with Crippen LogP contribution in [0.3, 0.4) is 0 Å². The highest BCUT2D eigenvalue weighted by Crippen LogP contribution is 2.69. The molecule has 1 heterocycles. The van der Waals surface area contributed by atoms with Crippen molar-refractivity contribution in [2.45, 2.75) is 90.3 Å². The fraction of sp³-hybridized carbons (Fsp3) is 0.913. The van der Waals surface area contributed by atoms with Gasteiger partial charge in [0.1, 0.15) is 0 Å². The second-order valence-electron chi connectivity index (χ2n) is 10.6. The first kappa shape index (κ1) is 17.9. The maximum atomic E-state index is 6.08. The van der Waals surface area contributed by atoms with Gasteiger partial charge in [-0.1, -0.05) is 32.4 Å². The summed E-state index contributed by atoms with van der Waals surface area (Å²) in [4.78, 5) is 0. The first-order valence-electron chi connectivity index (χ1n) is 11.1. The van der Waals surface area contributed by atoms with Gasteiger partial charge in [-0.15, -0.1) is 0 Å². The van der Waals surface area contributed by atoms with Crippen LogP contribution in [0.25, 0.3) is 0 Å². The molecule has 1 saturated heterocycles. The minimum Gasteiger partial charge on any atom is -0.415 e. The SMILES string of the molecule is CC[C@@]1([C@H]2CC[C@H]3[C@@H]4CC=C5CC(O[Si])CC[C@]5(C)[C@H]4CC[C@]23C)CO1. The minimum atomic E-state index is 0.251. The van der Waals surface area contributed by atoms with Gasteiger partial charge in [-0.25, -0.2) is 0 Å². The lowest BCUT2D eigenvalue weighted by Gasteiger charge is -2.58. The summed E-state index contributed by atoms with van der Waals surface area (Å²) in [6.07, 6.45) is 14.9. The van der Waals surface area contributed by atoms with Crippen LogP contribution < -0.4 is 0 Å². The van der Waals surface area contributed by atoms with Gasteiger partial charge in [-0.2, -0.15) is 0 Å². The first-order chi connectivity index (χ1) is 12.5. The fourth-order valence-electron chi connectivity index (χ4n) is 8.34. The Morgan fingerprint density at radius 3 is 2.65 bits per heavy atom. The van der Waals surface area contributed by atoms with Crippen LogP contribution in [-0.2, 0) is 9.16 Å². The molecule has 3 saturated carbocycles. The summed E-state index contributed by atoms with van der Waals surface area (Å²) >= 11 is 0. The Bertz CT molecular complexity index is 611. The van der Waals surface area contributed by atoms with Crippen molar-refractivity contribution in [2.75, 3.05) is 6.61 Å². The summed E-state index contributed by atoms with van der Waals surface area (Å²) in [7, 11) is 3.31. The third kappa shape index (κ3) is 2.29. The van der Waals surface area contributed by atoms with E-state index in [0.29, 0.717) is 16.9 Å². The molecule has 0 aromatic rings. The van der Waals surface area contributed by atoms with E-state index in [0.717, 1.165) is 36.7 Å². The highest BCUT2D eigenvalue weighted by molar-refractivity contribution is 5.98. The average Bonchev–Trinajstić information content (AvgIpc) is 3.35. The molecule has 1 aliphatic heterocycles. The normalized spacial score (nSPS) is 55.5. The van der Waals surface area contributed by atoms with E-state index in [1.165, 1.54) is 51.4 Å². The second kappa shape index (κ2) is 5.94. The Morgan fingerprint density at radius 1 is 1.15 bits per heavy atom. The molecule has 5 aliphatic rings. The smallest absolute Gasteiger partial charge is 0.246 e. The summed E-state index contributed by atoms with van der Waals surface area (Å²) in [6, 6.07) is 0. The van der Waals surface area contributed by atoms with E-state index in [2.05, 4.69) is 37.3 Å². The molecule has 4 fully saturated rings. The highest BCUT2D eigenvalue weighted by Gasteiger charge is 2.65. The van der Waals surface area contributed by atoms with E-state index >= 15 is 0 Å². The van der Waals surface area contributed by atoms with Gasteiger partial charge in [0.15, 0.2) is 0 Å². The lowest BCUT2D eigenvalue weighted by Crippen LogP contribution is -2.51. The third-order valence-corrected chi connectivity index (χ3v) is 10.3. The number of hydrogen-bond donors (Lipinski definition) is 0. The van der Waals surface area contributed by atoms with E-state index in [-0.39, 0.29) is 5.60 Å². The highest BCUT2D eigenvalue weighted by atomic mass is 28.2. The number of epoxide rings is 1. The van der Waals surface area contributed by atoms with Crippen LogP contribution in [0.4, 0.5) is 0 Å². The number of allylic oxidation sites excluding steroid dienone is 1. The number of rotatable bonds is 3. The predicted molar refractivity (Wildman–Crippen MR) is 105 cm³/mol. The number of ether oxygens (including phenoxy) is 1. The second-order valence-corrected chi connectivity index (χ2v) is 10.9. The monoisotopic (exact) mass is 371 g/mol. The Kier molecular flexibility index (Phi) is 4.10. The van der Waals surface area contributed by atoms with Crippen LogP contribution in [-0.4, -0.2) is 28.8 Å². The van der Waals surface area contributed by atoms with Crippen LogP contribution in [0.15, 0.2) is 11.6 Å². The summed E-state index contributed by atoms with van der Waals surface area (Å²) < 4.78 is 11.6. The Morgan fingerprint density at radius 2 is 1.96 bits per heavy atom. The third-order valence-electron chi connectivity index (χ3n) is 9.97. The molecular weight excluding hydrogens is 336 g/mol. The van der Waals surface area contributed by atoms with Gasteiger partial charge in [-0.05, 0) is 92.3 Å². The zero-order valence-corrected chi connectivity index (χ0v) is 17.9. The van der Waals surface area contributed by atoms with E-state index in [4.69, 9.17) is 9.16 Å². The van der Waals surface area contributed by atoms with E-state index < -0.39 is 0 Å². The van der Waals surface area contributed by atoms with Crippen molar-refractivity contribution < 1.29 is 9.16 Å². The predicted octanol–water partition coefficient (Wildman–Crippen LogP) is 5.21. The molecule has 0 bridgehead atoms. The maximum Gasteiger partial charge on any atom is 0.246 e. The van der Waals surface area contributed by atoms with Crippen LogP contribution in [0.2, 0.25) is 0 Å². The van der Waals surface area contributed by atoms with Crippen LogP contribution in [0.1, 0.15) is 78.6 Å². The van der Waals surface area contributed by atoms with Gasteiger partial charge < -0.3 is 9.16 Å². The molecule has 3 heteroatoms. The zero-order valence-electron chi connectivity index (χ0n) is 16.9. The van der Waals surface area contributed by atoms with Crippen LogP contribution >= 0.6 is 0 Å². The molecule has 0 N–H and O–H groups in total. The molecule has 0 aromatic carbocycles. The van der Waals surface area contributed by atoms with Crippen molar-refractivity contribution in [1.29, 1.82) is 0 Å². The van der Waals surface area contributed by atoms with Crippen molar-refractivity contribution in [2.24, 2.45) is 34.5 Å². The topological polar surface area (TPSA) is 21.8 Å². The molecule has 3 radical (unpaired) electrons. The number of fused-ring (bicyclic) bond motifs is 5. The van der Waals surface area contributed by atoms with Crippen LogP contribution in [0, 0.1) is 34.5 Å². The van der Waals surface area contributed by atoms with Gasteiger partial charge in [0, 0.05) is 6.10 Å². The van der Waals surface area contributed by atoms with Crippen molar-refractivity contribution in [3.8, 4) is 0 Å². The summed E-state index contributed by atoms with van der Waals surface area (Å²) in [5.74, 6) is 3.52. The van der Waals surface area contributed by atoms with E-state index in [1.54, 1.807) is 5.57 Å². The molecule has 4 aliphatic carbocycles. The molecule has 0 amide bonds. The molecule has 26 heavy (non-hydrogen) atoms. The molecule has 0 spiro atoms. The van der Waals surface area contributed by atoms with Gasteiger partial charge in [-0.3, -0.25) is 0 Å². The number of hydrogen-bond acceptors (Lipinski definition) is 2. The van der Waals surface area contributed by atoms with Crippen molar-refractivity contribution >= 4 is 10.5 Å². The largest absolute Gasteiger partial charge is 0.415 e. The van der Waals surface area contributed by atoms with Crippen molar-refractivity contribution in [1.82, 2.24) is 0 Å². The van der Waals surface area contributed by atoms with Gasteiger partial charge in [0.25, 0.3) is 0 Å². The Hall–Kier alpha value is -0.123. The standard InChI is InChI=1S/C23H35O2Si/c1-4-23(14-24-23)20-8-7-18-17-6-5-15-13-16(25-26)9-11-21(15,2)19(17)10-12-22(18,20)3/h5,16-20H,4,6-14H2,1-3H3/t16?,17-,18-,19-,20-,21-,22-,23-/m0/s1. The summed E-state index contributed by atoms with van der Waals surface area (Å²) in [6.45, 7) is 8.60. The fourth-order valence-corrected chi connectivity index (χ4v) is 8.54. The molecule has 5 rings (SSSR count). The van der Waals surface area contributed by atoms with Gasteiger partial charge in [0.2, 0.25) is 10.5 Å². The molecule has 2 nitrogen and oxygen atoms in total. The quantitative estimate of drug-likeness (QED) is 0.386. The lowest BCUT2D eigenvalue weighted by atomic mass is 9.47. The molecular formula is C23H35O2Si. The average molecular weight is 372 g/mol. The van der Waals surface area contributed by atoms with Crippen molar-refractivity contribution in [3.05, 3.63) is 11.6 Å². The maximum absolute atomic E-state index is 6.08. The first-order valence-corrected chi connectivity index (χ1v) is 11.5. The van der Waals surface area contributed by atoms with Gasteiger partial charge >= 0.3 is 0 Å². The summed E-state index contributed by atoms with van der Waals surface area (Å²) in [5.41, 5.74) is 2.91. The summed E-state index contributed by atoms with van der Waals surface area (Å²) in [5, 5.41) is 0. The zero-order chi connectivity index (χ0) is 18.2. The van der Waals surface area contributed by atoms with Crippen molar-refractivity contribution in [3.63, 3.8) is 0 Å². The minimum absolute atomic E-state index is 0.251. The Labute approximate surface area is 163 Å². The van der Waals surface area contributed by atoms with Crippen LogP contribution in [0.5, 0.6) is 0 Å². The molecule has 8 atom stereocenters. The van der Waals surface area contributed by atoms with E-state index in [1.807, 2.05) is 0 Å². The lowest BCUT2D eigenvalue weighted by molar-refractivity contribution is -0.0599. The Balaban J connectivity index is 1.43. The molecule has 0 aromatic heterocycles. The molecule has 1 unspecified atom stereocenters. The van der Waals surface area contributed by atoms with E-state index in [9.17, 15) is 0 Å².